The number of hydrogen-bond donors (Lipinski definition) is 1. The molecule has 1 saturated carbocycles. The second kappa shape index (κ2) is 5.34. The standard InChI is InChI=1S/C15H20FNO3S/c1-11-10-12(16)2-3-13(11)21(18,19)17-14-4-5-15(14)6-8-20-9-7-15/h2-3,10,14,17H,4-9H2,1H3. The van der Waals surface area contributed by atoms with Gasteiger partial charge in [-0.3, -0.25) is 0 Å². The first-order valence-corrected chi connectivity index (χ1v) is 8.78. The molecule has 2 aliphatic rings. The average Bonchev–Trinajstić information content (AvgIpc) is 2.44. The topological polar surface area (TPSA) is 55.4 Å². The molecule has 0 bridgehead atoms. The first-order chi connectivity index (χ1) is 9.93. The van der Waals surface area contributed by atoms with Crippen LogP contribution < -0.4 is 4.72 Å². The predicted octanol–water partition coefficient (Wildman–Crippen LogP) is 2.37. The Hall–Kier alpha value is -0.980. The Bertz CT molecular complexity index is 638. The molecule has 1 aromatic rings. The zero-order chi connectivity index (χ0) is 15.1. The van der Waals surface area contributed by atoms with Crippen molar-refractivity contribution < 1.29 is 17.5 Å². The van der Waals surface area contributed by atoms with E-state index in [2.05, 4.69) is 4.72 Å². The minimum atomic E-state index is -3.60. The number of aryl methyl sites for hydroxylation is 1. The Kier molecular flexibility index (Phi) is 3.80. The summed E-state index contributed by atoms with van der Waals surface area (Å²) in [7, 11) is -3.60. The molecule has 1 saturated heterocycles. The summed E-state index contributed by atoms with van der Waals surface area (Å²) in [6, 6.07) is 3.74. The molecule has 2 fully saturated rings. The van der Waals surface area contributed by atoms with E-state index >= 15 is 0 Å². The maximum atomic E-state index is 13.1. The summed E-state index contributed by atoms with van der Waals surface area (Å²) in [4.78, 5) is 0.165. The number of ether oxygens (including phenoxy) is 1. The second-order valence-corrected chi connectivity index (χ2v) is 7.78. The first kappa shape index (κ1) is 14.9. The van der Waals surface area contributed by atoms with Gasteiger partial charge in [-0.2, -0.15) is 0 Å². The minimum absolute atomic E-state index is 0.0316. The molecule has 4 nitrogen and oxygen atoms in total. The molecular weight excluding hydrogens is 293 g/mol. The lowest BCUT2D eigenvalue weighted by atomic mass is 9.60. The Morgan fingerprint density at radius 3 is 2.57 bits per heavy atom. The van der Waals surface area contributed by atoms with Crippen LogP contribution in [0.5, 0.6) is 0 Å². The Labute approximate surface area is 124 Å². The lowest BCUT2D eigenvalue weighted by Crippen LogP contribution is -2.57. The molecule has 0 aromatic heterocycles. The van der Waals surface area contributed by atoms with Gasteiger partial charge in [-0.05, 0) is 61.8 Å². The largest absolute Gasteiger partial charge is 0.381 e. The van der Waals surface area contributed by atoms with Crippen LogP contribution in [0.25, 0.3) is 0 Å². The molecule has 1 aromatic carbocycles. The van der Waals surface area contributed by atoms with Gasteiger partial charge < -0.3 is 4.74 Å². The third-order valence-electron chi connectivity index (χ3n) is 4.88. The molecule has 116 valence electrons. The molecule has 1 heterocycles. The van der Waals surface area contributed by atoms with Gasteiger partial charge in [-0.1, -0.05) is 0 Å². The van der Waals surface area contributed by atoms with Gasteiger partial charge in [-0.25, -0.2) is 17.5 Å². The van der Waals surface area contributed by atoms with E-state index in [0.717, 1.165) is 25.7 Å². The van der Waals surface area contributed by atoms with Crippen molar-refractivity contribution in [1.29, 1.82) is 0 Å². The fourth-order valence-electron chi connectivity index (χ4n) is 3.42. The van der Waals surface area contributed by atoms with Gasteiger partial charge in [0.25, 0.3) is 0 Å². The summed E-state index contributed by atoms with van der Waals surface area (Å²) < 4.78 is 46.4. The minimum Gasteiger partial charge on any atom is -0.381 e. The highest BCUT2D eigenvalue weighted by molar-refractivity contribution is 7.89. The first-order valence-electron chi connectivity index (χ1n) is 7.29. The molecular formula is C15H20FNO3S. The van der Waals surface area contributed by atoms with Crippen LogP contribution >= 0.6 is 0 Å². The molecule has 0 radical (unpaired) electrons. The van der Waals surface area contributed by atoms with Gasteiger partial charge in [0, 0.05) is 19.3 Å². The summed E-state index contributed by atoms with van der Waals surface area (Å²) in [5, 5.41) is 0. The van der Waals surface area contributed by atoms with Crippen molar-refractivity contribution in [3.8, 4) is 0 Å². The van der Waals surface area contributed by atoms with Gasteiger partial charge in [-0.15, -0.1) is 0 Å². The zero-order valence-electron chi connectivity index (χ0n) is 12.1. The quantitative estimate of drug-likeness (QED) is 0.932. The smallest absolute Gasteiger partial charge is 0.241 e. The molecule has 1 unspecified atom stereocenters. The van der Waals surface area contributed by atoms with Crippen molar-refractivity contribution in [3.63, 3.8) is 0 Å². The Morgan fingerprint density at radius 2 is 2.00 bits per heavy atom. The fraction of sp³-hybridized carbons (Fsp3) is 0.600. The summed E-state index contributed by atoms with van der Waals surface area (Å²) in [5.74, 6) is -0.420. The van der Waals surface area contributed by atoms with Crippen LogP contribution in [0.3, 0.4) is 0 Å². The van der Waals surface area contributed by atoms with E-state index < -0.39 is 15.8 Å². The van der Waals surface area contributed by atoms with Crippen LogP contribution in [-0.2, 0) is 14.8 Å². The maximum Gasteiger partial charge on any atom is 0.241 e. The predicted molar refractivity (Wildman–Crippen MR) is 77.0 cm³/mol. The van der Waals surface area contributed by atoms with Gasteiger partial charge in [0.05, 0.1) is 4.90 Å². The van der Waals surface area contributed by atoms with Gasteiger partial charge in [0.1, 0.15) is 5.82 Å². The maximum absolute atomic E-state index is 13.1. The van der Waals surface area contributed by atoms with Crippen molar-refractivity contribution in [1.82, 2.24) is 4.72 Å². The number of nitrogens with one attached hydrogen (secondary N) is 1. The van der Waals surface area contributed by atoms with Crippen LogP contribution in [0, 0.1) is 18.2 Å². The number of sulfonamides is 1. The van der Waals surface area contributed by atoms with E-state index in [0.29, 0.717) is 18.8 Å². The number of halogens is 1. The van der Waals surface area contributed by atoms with Crippen LogP contribution in [0.4, 0.5) is 4.39 Å². The highest BCUT2D eigenvalue weighted by Gasteiger charge is 2.48. The lowest BCUT2D eigenvalue weighted by molar-refractivity contribution is -0.0483. The van der Waals surface area contributed by atoms with Gasteiger partial charge >= 0.3 is 0 Å². The normalized spacial score (nSPS) is 24.8. The van der Waals surface area contributed by atoms with E-state index in [9.17, 15) is 12.8 Å². The number of hydrogen-bond acceptors (Lipinski definition) is 3. The lowest BCUT2D eigenvalue weighted by Gasteiger charge is -2.51. The monoisotopic (exact) mass is 313 g/mol. The Balaban J connectivity index is 1.80. The summed E-state index contributed by atoms with van der Waals surface area (Å²) in [6.45, 7) is 3.02. The molecule has 1 N–H and O–H groups in total. The summed E-state index contributed by atoms with van der Waals surface area (Å²) in [6.07, 6.45) is 3.72. The van der Waals surface area contributed by atoms with Crippen LogP contribution in [0.15, 0.2) is 23.1 Å². The van der Waals surface area contributed by atoms with E-state index in [-0.39, 0.29) is 16.4 Å². The second-order valence-electron chi connectivity index (χ2n) is 6.10. The molecule has 3 rings (SSSR count). The molecule has 0 amide bonds. The highest BCUT2D eigenvalue weighted by Crippen LogP contribution is 2.49. The van der Waals surface area contributed by atoms with Crippen molar-refractivity contribution in [3.05, 3.63) is 29.6 Å². The number of benzene rings is 1. The van der Waals surface area contributed by atoms with Crippen molar-refractivity contribution in [2.45, 2.75) is 43.5 Å². The molecule has 1 aliphatic heterocycles. The molecule has 1 atom stereocenters. The van der Waals surface area contributed by atoms with Crippen LogP contribution in [0.1, 0.15) is 31.2 Å². The van der Waals surface area contributed by atoms with Gasteiger partial charge in [0.2, 0.25) is 10.0 Å². The third-order valence-corrected chi connectivity index (χ3v) is 6.51. The van der Waals surface area contributed by atoms with E-state index in [1.807, 2.05) is 0 Å². The fourth-order valence-corrected chi connectivity index (χ4v) is 5.02. The summed E-state index contributed by atoms with van der Waals surface area (Å²) in [5.41, 5.74) is 0.488. The molecule has 1 spiro atoms. The highest BCUT2D eigenvalue weighted by atomic mass is 32.2. The van der Waals surface area contributed by atoms with E-state index in [1.165, 1.54) is 18.2 Å². The van der Waals surface area contributed by atoms with E-state index in [4.69, 9.17) is 4.74 Å². The molecule has 21 heavy (non-hydrogen) atoms. The molecule has 1 aliphatic carbocycles. The van der Waals surface area contributed by atoms with Crippen molar-refractivity contribution in [2.24, 2.45) is 5.41 Å². The van der Waals surface area contributed by atoms with Crippen molar-refractivity contribution >= 4 is 10.0 Å². The SMILES string of the molecule is Cc1cc(F)ccc1S(=O)(=O)NC1CCC12CCOCC2. The van der Waals surface area contributed by atoms with Crippen LogP contribution in [0.2, 0.25) is 0 Å². The number of rotatable bonds is 3. The average molecular weight is 313 g/mol. The zero-order valence-corrected chi connectivity index (χ0v) is 12.9. The third kappa shape index (κ3) is 2.72. The van der Waals surface area contributed by atoms with Gasteiger partial charge in [0.15, 0.2) is 0 Å². The summed E-state index contributed by atoms with van der Waals surface area (Å²) >= 11 is 0. The van der Waals surface area contributed by atoms with Crippen LogP contribution in [-0.4, -0.2) is 27.7 Å². The van der Waals surface area contributed by atoms with Crippen molar-refractivity contribution in [2.75, 3.05) is 13.2 Å². The molecule has 6 heteroatoms. The Morgan fingerprint density at radius 1 is 1.29 bits per heavy atom. The van der Waals surface area contributed by atoms with E-state index in [1.54, 1.807) is 6.92 Å².